The maximum Gasteiger partial charge on any atom is 0.169 e. The van der Waals surface area contributed by atoms with Gasteiger partial charge in [0.1, 0.15) is 0 Å². The van der Waals surface area contributed by atoms with Crippen LogP contribution in [0.25, 0.3) is 32.3 Å². The second-order valence-electron chi connectivity index (χ2n) is 21.5. The van der Waals surface area contributed by atoms with Crippen LogP contribution in [0.15, 0.2) is 36.4 Å². The third-order valence-electron chi connectivity index (χ3n) is 15.1. The molecule has 0 atom stereocenters. The summed E-state index contributed by atoms with van der Waals surface area (Å²) >= 11 is 0. The molecule has 8 nitrogen and oxygen atoms in total. The molecule has 72 heavy (non-hydrogen) atoms. The van der Waals surface area contributed by atoms with Gasteiger partial charge >= 0.3 is 0 Å². The summed E-state index contributed by atoms with van der Waals surface area (Å²) in [5, 5.41) is 6.88. The molecule has 0 aliphatic heterocycles. The van der Waals surface area contributed by atoms with Gasteiger partial charge in [-0.3, -0.25) is 0 Å². The van der Waals surface area contributed by atoms with Gasteiger partial charge in [-0.2, -0.15) is 0 Å². The van der Waals surface area contributed by atoms with Crippen molar-refractivity contribution in [2.45, 2.75) is 257 Å². The maximum absolute atomic E-state index is 6.97. The fourth-order valence-corrected chi connectivity index (χ4v) is 10.8. The largest absolute Gasteiger partial charge is 0.489 e. The van der Waals surface area contributed by atoms with Crippen molar-refractivity contribution in [3.05, 3.63) is 36.4 Å². The Morgan fingerprint density at radius 3 is 0.528 bits per heavy atom. The third-order valence-corrected chi connectivity index (χ3v) is 15.1. The molecule has 4 aromatic carbocycles. The molecule has 8 N–H and O–H groups in total. The minimum atomic E-state index is 0.683. The van der Waals surface area contributed by atoms with E-state index in [-0.39, 0.29) is 0 Å². The molecule has 410 valence electrons. The highest BCUT2D eigenvalue weighted by Gasteiger charge is 2.26. The number of hydrogen-bond acceptors (Lipinski definition) is 8. The summed E-state index contributed by atoms with van der Waals surface area (Å²) in [5.74, 6) is 3.56. The summed E-state index contributed by atoms with van der Waals surface area (Å²) in [4.78, 5) is 0. The smallest absolute Gasteiger partial charge is 0.169 e. The molecule has 0 heterocycles. The van der Waals surface area contributed by atoms with E-state index in [1.807, 2.05) is 0 Å². The fourth-order valence-electron chi connectivity index (χ4n) is 10.8. The predicted molar refractivity (Wildman–Crippen MR) is 313 cm³/mol. The summed E-state index contributed by atoms with van der Waals surface area (Å²) in [6.07, 6.45) is 50.2. The monoisotopic (exact) mass is 999 g/mol. The standard InChI is InChI=1S/C64H110N4O4/c65-47-33-25-17-9-1-5-13-21-29-37-51-69-61-55-43-41-45-57-59(55)60-56(62(61)70-52-38-30-22-14-6-2-10-18-26-34-48-66)44-42-46-58(60)64(72-54-40-32-24-16-8-4-12-20-28-36-50-68)63(57)71-53-39-31-23-15-7-3-11-19-27-35-49-67/h41-46H,1-40,47-54,65-68H2. The van der Waals surface area contributed by atoms with Crippen molar-refractivity contribution in [2.75, 3.05) is 52.6 Å². The Morgan fingerprint density at radius 2 is 0.361 bits per heavy atom. The minimum absolute atomic E-state index is 0.683. The van der Waals surface area contributed by atoms with Crippen LogP contribution in [0.4, 0.5) is 0 Å². The van der Waals surface area contributed by atoms with Gasteiger partial charge in [0.15, 0.2) is 23.0 Å². The lowest BCUT2D eigenvalue weighted by atomic mass is 9.91. The Labute approximate surface area is 441 Å². The molecule has 0 radical (unpaired) electrons. The van der Waals surface area contributed by atoms with E-state index in [1.54, 1.807) is 0 Å². The van der Waals surface area contributed by atoms with Crippen molar-refractivity contribution < 1.29 is 18.9 Å². The highest BCUT2D eigenvalue weighted by molar-refractivity contribution is 6.29. The minimum Gasteiger partial charge on any atom is -0.489 e. The zero-order valence-corrected chi connectivity index (χ0v) is 46.3. The maximum atomic E-state index is 6.97. The molecule has 0 spiro atoms. The fraction of sp³-hybridized carbons (Fsp3) is 0.750. The third kappa shape index (κ3) is 24.5. The Hall–Kier alpha value is -3.04. The second-order valence-corrected chi connectivity index (χ2v) is 21.5. The summed E-state index contributed by atoms with van der Waals surface area (Å²) in [5.41, 5.74) is 22.8. The molecule has 0 amide bonds. The van der Waals surface area contributed by atoms with Gasteiger partial charge < -0.3 is 41.9 Å². The van der Waals surface area contributed by atoms with Gasteiger partial charge in [-0.05, 0) is 77.5 Å². The highest BCUT2D eigenvalue weighted by atomic mass is 16.5. The van der Waals surface area contributed by atoms with Crippen molar-refractivity contribution in [3.63, 3.8) is 0 Å². The van der Waals surface area contributed by atoms with E-state index in [4.69, 9.17) is 41.9 Å². The Kier molecular flexibility index (Phi) is 36.1. The number of nitrogens with two attached hydrogens (primary N) is 4. The van der Waals surface area contributed by atoms with E-state index < -0.39 is 0 Å². The molecular formula is C64H110N4O4. The summed E-state index contributed by atoms with van der Waals surface area (Å²) in [7, 11) is 0. The van der Waals surface area contributed by atoms with Crippen LogP contribution in [0, 0.1) is 0 Å². The summed E-state index contributed by atoms with van der Waals surface area (Å²) < 4.78 is 27.9. The Balaban J connectivity index is 1.50. The van der Waals surface area contributed by atoms with Crippen molar-refractivity contribution in [3.8, 4) is 23.0 Å². The average molecular weight is 1000 g/mol. The normalized spacial score (nSPS) is 11.8. The Morgan fingerprint density at radius 1 is 0.208 bits per heavy atom. The lowest BCUT2D eigenvalue weighted by molar-refractivity contribution is 0.262. The van der Waals surface area contributed by atoms with E-state index in [9.17, 15) is 0 Å². The van der Waals surface area contributed by atoms with E-state index in [0.29, 0.717) is 26.4 Å². The molecule has 8 heteroatoms. The van der Waals surface area contributed by atoms with Crippen molar-refractivity contribution >= 4 is 32.3 Å². The van der Waals surface area contributed by atoms with Crippen molar-refractivity contribution in [1.82, 2.24) is 0 Å². The van der Waals surface area contributed by atoms with Crippen molar-refractivity contribution in [1.29, 1.82) is 0 Å². The highest BCUT2D eigenvalue weighted by Crippen LogP contribution is 2.53. The number of ether oxygens (including phenoxy) is 4. The van der Waals surface area contributed by atoms with Crippen LogP contribution in [-0.2, 0) is 0 Å². The molecule has 0 aliphatic carbocycles. The zero-order valence-electron chi connectivity index (χ0n) is 46.3. The lowest BCUT2D eigenvalue weighted by Gasteiger charge is -2.24. The quantitative estimate of drug-likeness (QED) is 0.0253. The van der Waals surface area contributed by atoms with E-state index in [1.165, 1.54) is 216 Å². The molecule has 4 aromatic rings. The first-order valence-electron chi connectivity index (χ1n) is 30.8. The van der Waals surface area contributed by atoms with Crippen molar-refractivity contribution in [2.24, 2.45) is 22.9 Å². The van der Waals surface area contributed by atoms with Crippen LogP contribution in [0.2, 0.25) is 0 Å². The number of unbranched alkanes of at least 4 members (excludes halogenated alkanes) is 36. The lowest BCUT2D eigenvalue weighted by Crippen LogP contribution is -2.07. The van der Waals surface area contributed by atoms with Crippen LogP contribution in [0.1, 0.15) is 257 Å². The number of hydrogen-bond donors (Lipinski definition) is 4. The number of benzene rings is 4. The molecule has 0 aromatic heterocycles. The first-order chi connectivity index (χ1) is 35.8. The van der Waals surface area contributed by atoms with E-state index in [0.717, 1.165) is 122 Å². The zero-order chi connectivity index (χ0) is 50.8. The molecule has 0 saturated carbocycles. The van der Waals surface area contributed by atoms with Crippen LogP contribution in [-0.4, -0.2) is 52.6 Å². The van der Waals surface area contributed by atoms with Gasteiger partial charge in [0.05, 0.1) is 26.4 Å². The number of rotatable bonds is 52. The van der Waals surface area contributed by atoms with Gasteiger partial charge in [-0.25, -0.2) is 0 Å². The Bertz CT molecular complexity index is 1610. The predicted octanol–water partition coefficient (Wildman–Crippen LogP) is 17.5. The van der Waals surface area contributed by atoms with E-state index >= 15 is 0 Å². The topological polar surface area (TPSA) is 141 Å². The van der Waals surface area contributed by atoms with Gasteiger partial charge in [0, 0.05) is 32.3 Å². The van der Waals surface area contributed by atoms with Gasteiger partial charge in [0.25, 0.3) is 0 Å². The van der Waals surface area contributed by atoms with Crippen LogP contribution in [0.5, 0.6) is 23.0 Å². The molecule has 0 unspecified atom stereocenters. The molecule has 0 fully saturated rings. The van der Waals surface area contributed by atoms with Gasteiger partial charge in [-0.1, -0.05) is 242 Å². The van der Waals surface area contributed by atoms with Crippen LogP contribution < -0.4 is 41.9 Å². The molecule has 0 saturated heterocycles. The average Bonchev–Trinajstić information content (AvgIpc) is 3.40. The van der Waals surface area contributed by atoms with Gasteiger partial charge in [-0.15, -0.1) is 0 Å². The SMILES string of the molecule is NCCCCCCCCCCCCOc1c(OCCCCCCCCCCCCN)c2cccc3c(OCCCCCCCCCCCCN)c(OCCCCCCCCCCCCN)c4cccc1c4c23. The first-order valence-corrected chi connectivity index (χ1v) is 30.8. The van der Waals surface area contributed by atoms with Crippen LogP contribution >= 0.6 is 0 Å². The molecule has 0 bridgehead atoms. The molecule has 0 aliphatic rings. The second kappa shape index (κ2) is 42.2. The summed E-state index contributed by atoms with van der Waals surface area (Å²) in [6.45, 7) is 6.02. The molecular weight excluding hydrogens is 889 g/mol. The van der Waals surface area contributed by atoms with Crippen LogP contribution in [0.3, 0.4) is 0 Å². The first kappa shape index (κ1) is 61.5. The summed E-state index contributed by atoms with van der Waals surface area (Å²) in [6, 6.07) is 13.4. The van der Waals surface area contributed by atoms with Gasteiger partial charge in [0.2, 0.25) is 0 Å². The van der Waals surface area contributed by atoms with E-state index in [2.05, 4.69) is 36.4 Å². The molecule has 4 rings (SSSR count).